The van der Waals surface area contributed by atoms with E-state index in [-0.39, 0.29) is 5.38 Å². The highest BCUT2D eigenvalue weighted by Crippen LogP contribution is 2.33. The van der Waals surface area contributed by atoms with Gasteiger partial charge in [0.05, 0.1) is 9.71 Å². The van der Waals surface area contributed by atoms with Crippen molar-refractivity contribution in [2.75, 3.05) is 0 Å². The Kier molecular flexibility index (Phi) is 3.50. The summed E-state index contributed by atoms with van der Waals surface area (Å²) in [5, 5.41) is 4.24. The van der Waals surface area contributed by atoms with Crippen LogP contribution in [0.3, 0.4) is 0 Å². The van der Waals surface area contributed by atoms with E-state index in [1.807, 2.05) is 12.1 Å². The zero-order valence-corrected chi connectivity index (χ0v) is 10.4. The molecule has 0 N–H and O–H groups in total. The minimum atomic E-state index is 0.0436. The molecule has 2 rings (SSSR count). The lowest BCUT2D eigenvalue weighted by molar-refractivity contribution is 0.945. The van der Waals surface area contributed by atoms with Gasteiger partial charge in [0.25, 0.3) is 0 Å². The van der Waals surface area contributed by atoms with Gasteiger partial charge in [0.15, 0.2) is 0 Å². The molecule has 0 bridgehead atoms. The normalized spacial score (nSPS) is 13.0. The molecular formula is C10H8Cl2S2. The summed E-state index contributed by atoms with van der Waals surface area (Å²) in [6.07, 6.45) is 0.877. The molecule has 0 nitrogen and oxygen atoms in total. The third-order valence-electron chi connectivity index (χ3n) is 1.90. The standard InChI is InChI=1S/C10H8Cl2S2/c11-8(5-7-3-4-13-6-7)9-1-2-10(12)14-9/h1-4,6,8H,5H2. The van der Waals surface area contributed by atoms with Crippen molar-refractivity contribution in [3.05, 3.63) is 43.7 Å². The van der Waals surface area contributed by atoms with Crippen molar-refractivity contribution < 1.29 is 0 Å². The van der Waals surface area contributed by atoms with Crippen molar-refractivity contribution in [1.29, 1.82) is 0 Å². The van der Waals surface area contributed by atoms with Crippen molar-refractivity contribution in [2.45, 2.75) is 11.8 Å². The van der Waals surface area contributed by atoms with Crippen LogP contribution in [0.15, 0.2) is 29.0 Å². The first-order chi connectivity index (χ1) is 6.75. The van der Waals surface area contributed by atoms with Crippen molar-refractivity contribution in [3.63, 3.8) is 0 Å². The molecule has 0 amide bonds. The second-order valence-corrected chi connectivity index (χ2v) is 6.00. The van der Waals surface area contributed by atoms with Gasteiger partial charge < -0.3 is 0 Å². The minimum Gasteiger partial charge on any atom is -0.152 e. The van der Waals surface area contributed by atoms with Crippen LogP contribution in [0, 0.1) is 0 Å². The van der Waals surface area contributed by atoms with Gasteiger partial charge in [-0.15, -0.1) is 22.9 Å². The maximum atomic E-state index is 6.27. The Morgan fingerprint density at radius 2 is 2.14 bits per heavy atom. The lowest BCUT2D eigenvalue weighted by atomic mass is 10.2. The molecule has 0 radical (unpaired) electrons. The molecule has 2 aromatic rings. The molecule has 0 fully saturated rings. The largest absolute Gasteiger partial charge is 0.152 e. The third-order valence-corrected chi connectivity index (χ3v) is 4.49. The zero-order valence-electron chi connectivity index (χ0n) is 7.24. The van der Waals surface area contributed by atoms with Crippen molar-refractivity contribution in [3.8, 4) is 0 Å². The van der Waals surface area contributed by atoms with Gasteiger partial charge in [-0.2, -0.15) is 11.3 Å². The van der Waals surface area contributed by atoms with Crippen LogP contribution in [0.1, 0.15) is 15.8 Å². The Bertz CT molecular complexity index is 392. The number of halogens is 2. The molecule has 2 aromatic heterocycles. The van der Waals surface area contributed by atoms with Gasteiger partial charge in [0.2, 0.25) is 0 Å². The molecule has 14 heavy (non-hydrogen) atoms. The van der Waals surface area contributed by atoms with E-state index in [1.54, 1.807) is 22.7 Å². The average Bonchev–Trinajstić information content (AvgIpc) is 2.75. The van der Waals surface area contributed by atoms with Crippen LogP contribution in [0.25, 0.3) is 0 Å². The van der Waals surface area contributed by atoms with Gasteiger partial charge in [0, 0.05) is 4.88 Å². The van der Waals surface area contributed by atoms with Gasteiger partial charge in [-0.3, -0.25) is 0 Å². The zero-order chi connectivity index (χ0) is 9.97. The molecule has 2 heterocycles. The highest BCUT2D eigenvalue weighted by molar-refractivity contribution is 7.16. The topological polar surface area (TPSA) is 0 Å². The van der Waals surface area contributed by atoms with Crippen molar-refractivity contribution >= 4 is 45.9 Å². The Morgan fingerprint density at radius 1 is 1.29 bits per heavy atom. The molecule has 0 aliphatic heterocycles. The molecule has 4 heteroatoms. The number of alkyl halides is 1. The SMILES string of the molecule is Clc1ccc(C(Cl)Cc2ccsc2)s1. The van der Waals surface area contributed by atoms with Gasteiger partial charge in [0.1, 0.15) is 0 Å². The maximum absolute atomic E-state index is 6.27. The van der Waals surface area contributed by atoms with Crippen LogP contribution >= 0.6 is 45.9 Å². The number of hydrogen-bond acceptors (Lipinski definition) is 2. The van der Waals surface area contributed by atoms with Gasteiger partial charge >= 0.3 is 0 Å². The first-order valence-electron chi connectivity index (χ1n) is 4.16. The third kappa shape index (κ3) is 2.51. The predicted octanol–water partition coefficient (Wildman–Crippen LogP) is 4.99. The molecule has 0 aliphatic carbocycles. The van der Waals surface area contributed by atoms with Gasteiger partial charge in [-0.1, -0.05) is 11.6 Å². The average molecular weight is 263 g/mol. The van der Waals surface area contributed by atoms with E-state index in [1.165, 1.54) is 5.56 Å². The van der Waals surface area contributed by atoms with Crippen LogP contribution in [-0.2, 0) is 6.42 Å². The summed E-state index contributed by atoms with van der Waals surface area (Å²) in [4.78, 5) is 1.14. The van der Waals surface area contributed by atoms with Gasteiger partial charge in [-0.25, -0.2) is 0 Å². The summed E-state index contributed by atoms with van der Waals surface area (Å²) >= 11 is 15.4. The number of rotatable bonds is 3. The second kappa shape index (κ2) is 4.67. The predicted molar refractivity (Wildman–Crippen MR) is 65.9 cm³/mol. The fourth-order valence-corrected chi connectivity index (χ4v) is 3.32. The first kappa shape index (κ1) is 10.5. The Hall–Kier alpha value is -0.0200. The fraction of sp³-hybridized carbons (Fsp3) is 0.200. The highest BCUT2D eigenvalue weighted by atomic mass is 35.5. The summed E-state index contributed by atoms with van der Waals surface area (Å²) in [6.45, 7) is 0. The van der Waals surface area contributed by atoms with Crippen molar-refractivity contribution in [1.82, 2.24) is 0 Å². The van der Waals surface area contributed by atoms with Crippen LogP contribution < -0.4 is 0 Å². The van der Waals surface area contributed by atoms with Crippen molar-refractivity contribution in [2.24, 2.45) is 0 Å². The summed E-state index contributed by atoms with van der Waals surface area (Å²) in [7, 11) is 0. The molecule has 0 spiro atoms. The number of hydrogen-bond donors (Lipinski definition) is 0. The molecule has 1 atom stereocenters. The lowest BCUT2D eigenvalue weighted by Gasteiger charge is -2.04. The quantitative estimate of drug-likeness (QED) is 0.685. The molecule has 74 valence electrons. The van der Waals surface area contributed by atoms with Crippen LogP contribution in [-0.4, -0.2) is 0 Å². The maximum Gasteiger partial charge on any atom is 0.0931 e. The fourth-order valence-electron chi connectivity index (χ4n) is 1.21. The Balaban J connectivity index is 2.06. The number of thiophene rings is 2. The van der Waals surface area contributed by atoms with E-state index in [2.05, 4.69) is 16.8 Å². The molecule has 1 unspecified atom stereocenters. The lowest BCUT2D eigenvalue weighted by Crippen LogP contribution is -1.90. The smallest absolute Gasteiger partial charge is 0.0931 e. The van der Waals surface area contributed by atoms with Gasteiger partial charge in [-0.05, 0) is 40.9 Å². The Labute approximate surface area is 101 Å². The molecule has 0 aliphatic rings. The van der Waals surface area contributed by atoms with E-state index in [9.17, 15) is 0 Å². The summed E-state index contributed by atoms with van der Waals surface area (Å²) in [6, 6.07) is 6.00. The highest BCUT2D eigenvalue weighted by Gasteiger charge is 2.11. The van der Waals surface area contributed by atoms with E-state index in [0.29, 0.717) is 0 Å². The summed E-state index contributed by atoms with van der Waals surface area (Å²) in [5.74, 6) is 0. The van der Waals surface area contributed by atoms with E-state index < -0.39 is 0 Å². The minimum absolute atomic E-state index is 0.0436. The van der Waals surface area contributed by atoms with E-state index in [4.69, 9.17) is 23.2 Å². The second-order valence-electron chi connectivity index (χ2n) is 2.95. The van der Waals surface area contributed by atoms with Crippen LogP contribution in [0.4, 0.5) is 0 Å². The van der Waals surface area contributed by atoms with E-state index in [0.717, 1.165) is 15.6 Å². The molecule has 0 saturated heterocycles. The molecule has 0 aromatic carbocycles. The summed E-state index contributed by atoms with van der Waals surface area (Å²) in [5.41, 5.74) is 1.29. The molecular weight excluding hydrogens is 255 g/mol. The first-order valence-corrected chi connectivity index (χ1v) is 6.73. The van der Waals surface area contributed by atoms with Crippen LogP contribution in [0.2, 0.25) is 4.34 Å². The molecule has 0 saturated carbocycles. The van der Waals surface area contributed by atoms with E-state index >= 15 is 0 Å². The summed E-state index contributed by atoms with van der Waals surface area (Å²) < 4.78 is 0.802. The monoisotopic (exact) mass is 262 g/mol. The Morgan fingerprint density at radius 3 is 2.71 bits per heavy atom. The van der Waals surface area contributed by atoms with Crippen LogP contribution in [0.5, 0.6) is 0 Å².